The number of hydrogen-bond donors (Lipinski definition) is 3. The van der Waals surface area contributed by atoms with E-state index in [4.69, 9.17) is 4.74 Å². The number of hydrogen-bond acceptors (Lipinski definition) is 5. The Balaban J connectivity index is 1.44. The van der Waals surface area contributed by atoms with E-state index in [-0.39, 0.29) is 38.0 Å². The standard InChI is InChI=1S/C27H32N2O6/c1-3-16(2)24(25(31)29-13-17(26(32)33)12-18(30)14-29)28-27(34)35-15-23-21-10-6-4-8-19(21)20-9-5-7-11-22(20)23/h4-11,16-18,23-24,30H,3,12-15H2,1-2H3,(H,28,34)(H,32,33). The summed E-state index contributed by atoms with van der Waals surface area (Å²) < 4.78 is 5.62. The third-order valence-corrected chi connectivity index (χ3v) is 7.19. The number of carboxylic acid groups (broad SMARTS) is 1. The summed E-state index contributed by atoms with van der Waals surface area (Å²) in [5, 5.41) is 22.2. The first-order valence-corrected chi connectivity index (χ1v) is 12.1. The number of likely N-dealkylation sites (tertiary alicyclic amines) is 1. The van der Waals surface area contributed by atoms with Crippen molar-refractivity contribution >= 4 is 18.0 Å². The number of carbonyl (C=O) groups excluding carboxylic acids is 2. The van der Waals surface area contributed by atoms with E-state index in [1.54, 1.807) is 0 Å². The Morgan fingerprint density at radius 3 is 2.23 bits per heavy atom. The summed E-state index contributed by atoms with van der Waals surface area (Å²) >= 11 is 0. The van der Waals surface area contributed by atoms with Gasteiger partial charge in [-0.05, 0) is 34.6 Å². The Hall–Kier alpha value is -3.39. The number of carbonyl (C=O) groups is 3. The molecule has 2 aliphatic rings. The van der Waals surface area contributed by atoms with Gasteiger partial charge in [-0.15, -0.1) is 0 Å². The summed E-state index contributed by atoms with van der Waals surface area (Å²) in [5.74, 6) is -2.59. The van der Waals surface area contributed by atoms with Crippen molar-refractivity contribution in [2.24, 2.45) is 11.8 Å². The number of fused-ring (bicyclic) bond motifs is 3. The zero-order chi connectivity index (χ0) is 25.1. The summed E-state index contributed by atoms with van der Waals surface area (Å²) in [4.78, 5) is 38.9. The normalized spacial score (nSPS) is 20.9. The molecule has 2 aromatic rings. The lowest BCUT2D eigenvalue weighted by atomic mass is 9.93. The fraction of sp³-hybridized carbons (Fsp3) is 0.444. The zero-order valence-corrected chi connectivity index (χ0v) is 20.0. The Labute approximate surface area is 204 Å². The van der Waals surface area contributed by atoms with Gasteiger partial charge in [0.2, 0.25) is 5.91 Å². The van der Waals surface area contributed by atoms with E-state index in [0.29, 0.717) is 6.42 Å². The third-order valence-electron chi connectivity index (χ3n) is 7.19. The minimum Gasteiger partial charge on any atom is -0.481 e. The number of amides is 2. The van der Waals surface area contributed by atoms with E-state index < -0.39 is 36.0 Å². The van der Waals surface area contributed by atoms with Crippen molar-refractivity contribution < 1.29 is 29.3 Å². The Morgan fingerprint density at radius 1 is 1.06 bits per heavy atom. The maximum atomic E-state index is 13.3. The number of alkyl carbamates (subject to hydrolysis) is 1. The van der Waals surface area contributed by atoms with Gasteiger partial charge < -0.3 is 25.2 Å². The van der Waals surface area contributed by atoms with Gasteiger partial charge in [0, 0.05) is 19.0 Å². The highest BCUT2D eigenvalue weighted by Crippen LogP contribution is 2.44. The van der Waals surface area contributed by atoms with Gasteiger partial charge >= 0.3 is 12.1 Å². The predicted molar refractivity (Wildman–Crippen MR) is 130 cm³/mol. The second-order valence-electron chi connectivity index (χ2n) is 9.50. The van der Waals surface area contributed by atoms with Crippen LogP contribution in [0.5, 0.6) is 0 Å². The Morgan fingerprint density at radius 2 is 1.66 bits per heavy atom. The maximum absolute atomic E-state index is 13.3. The number of benzene rings is 2. The SMILES string of the molecule is CCC(C)C(NC(=O)OCC1c2ccccc2-c2ccccc21)C(=O)N1CC(O)CC(C(=O)O)C1. The summed E-state index contributed by atoms with van der Waals surface area (Å²) in [6.45, 7) is 3.94. The van der Waals surface area contributed by atoms with Gasteiger partial charge in [-0.3, -0.25) is 9.59 Å². The fourth-order valence-corrected chi connectivity index (χ4v) is 5.08. The van der Waals surface area contributed by atoms with Crippen LogP contribution in [0.15, 0.2) is 48.5 Å². The highest BCUT2D eigenvalue weighted by atomic mass is 16.5. The van der Waals surface area contributed by atoms with Crippen LogP contribution in [0.25, 0.3) is 11.1 Å². The lowest BCUT2D eigenvalue weighted by Gasteiger charge is -2.37. The van der Waals surface area contributed by atoms with Gasteiger partial charge in [0.1, 0.15) is 12.6 Å². The van der Waals surface area contributed by atoms with Crippen molar-refractivity contribution in [1.82, 2.24) is 10.2 Å². The largest absolute Gasteiger partial charge is 0.481 e. The van der Waals surface area contributed by atoms with Gasteiger partial charge in [-0.25, -0.2) is 4.79 Å². The molecule has 8 nitrogen and oxygen atoms in total. The van der Waals surface area contributed by atoms with Crippen LogP contribution in [0, 0.1) is 11.8 Å². The molecule has 8 heteroatoms. The van der Waals surface area contributed by atoms with Crippen LogP contribution < -0.4 is 5.32 Å². The number of ether oxygens (including phenoxy) is 1. The molecule has 0 bridgehead atoms. The molecule has 0 aromatic heterocycles. The molecule has 2 aromatic carbocycles. The Bertz CT molecular complexity index is 1060. The van der Waals surface area contributed by atoms with E-state index >= 15 is 0 Å². The predicted octanol–water partition coefficient (Wildman–Crippen LogP) is 3.23. The molecule has 4 atom stereocenters. The second kappa shape index (κ2) is 10.5. The average Bonchev–Trinajstić information content (AvgIpc) is 3.18. The van der Waals surface area contributed by atoms with Crippen LogP contribution in [0.1, 0.15) is 43.7 Å². The molecule has 0 spiro atoms. The molecule has 1 fully saturated rings. The van der Waals surface area contributed by atoms with E-state index in [9.17, 15) is 24.6 Å². The van der Waals surface area contributed by atoms with Gasteiger partial charge in [-0.2, -0.15) is 0 Å². The molecule has 4 rings (SSSR count). The van der Waals surface area contributed by atoms with Gasteiger partial charge in [0.15, 0.2) is 0 Å². The van der Waals surface area contributed by atoms with Crippen LogP contribution in [0.2, 0.25) is 0 Å². The molecule has 1 aliphatic carbocycles. The summed E-state index contributed by atoms with van der Waals surface area (Å²) in [7, 11) is 0. The molecule has 4 unspecified atom stereocenters. The number of carboxylic acids is 1. The molecule has 186 valence electrons. The van der Waals surface area contributed by atoms with E-state index in [1.165, 1.54) is 4.90 Å². The number of rotatable bonds is 7. The highest BCUT2D eigenvalue weighted by molar-refractivity contribution is 5.87. The lowest BCUT2D eigenvalue weighted by molar-refractivity contribution is -0.149. The van der Waals surface area contributed by atoms with Crippen LogP contribution in [0.4, 0.5) is 4.79 Å². The smallest absolute Gasteiger partial charge is 0.407 e. The van der Waals surface area contributed by atoms with E-state index in [0.717, 1.165) is 22.3 Å². The first kappa shape index (κ1) is 24.7. The van der Waals surface area contributed by atoms with Crippen molar-refractivity contribution in [2.45, 2.75) is 44.8 Å². The number of aliphatic hydroxyl groups excluding tert-OH is 1. The molecule has 1 saturated heterocycles. The highest BCUT2D eigenvalue weighted by Gasteiger charge is 2.38. The number of aliphatic carboxylic acids is 1. The fourth-order valence-electron chi connectivity index (χ4n) is 5.08. The lowest BCUT2D eigenvalue weighted by Crippen LogP contribution is -2.56. The topological polar surface area (TPSA) is 116 Å². The monoisotopic (exact) mass is 480 g/mol. The van der Waals surface area contributed by atoms with Crippen molar-refractivity contribution in [3.8, 4) is 11.1 Å². The van der Waals surface area contributed by atoms with Crippen molar-refractivity contribution in [2.75, 3.05) is 19.7 Å². The van der Waals surface area contributed by atoms with E-state index in [2.05, 4.69) is 17.4 Å². The second-order valence-corrected chi connectivity index (χ2v) is 9.50. The minimum absolute atomic E-state index is 0.00449. The molecule has 35 heavy (non-hydrogen) atoms. The van der Waals surface area contributed by atoms with Crippen LogP contribution in [-0.4, -0.2) is 64.9 Å². The van der Waals surface area contributed by atoms with E-state index in [1.807, 2.05) is 50.2 Å². The molecular formula is C27H32N2O6. The molecular weight excluding hydrogens is 448 g/mol. The maximum Gasteiger partial charge on any atom is 0.407 e. The molecule has 0 saturated carbocycles. The van der Waals surface area contributed by atoms with Gasteiger partial charge in [-0.1, -0.05) is 68.8 Å². The minimum atomic E-state index is -1.05. The first-order valence-electron chi connectivity index (χ1n) is 12.1. The average molecular weight is 481 g/mol. The van der Waals surface area contributed by atoms with Crippen molar-refractivity contribution in [1.29, 1.82) is 0 Å². The number of nitrogens with one attached hydrogen (secondary N) is 1. The van der Waals surface area contributed by atoms with Gasteiger partial charge in [0.05, 0.1) is 12.0 Å². The zero-order valence-electron chi connectivity index (χ0n) is 20.0. The quantitative estimate of drug-likeness (QED) is 0.560. The van der Waals surface area contributed by atoms with Crippen LogP contribution in [0.3, 0.4) is 0 Å². The molecule has 1 aliphatic heterocycles. The van der Waals surface area contributed by atoms with Crippen LogP contribution >= 0.6 is 0 Å². The summed E-state index contributed by atoms with van der Waals surface area (Å²) in [6.07, 6.45) is -0.884. The van der Waals surface area contributed by atoms with Crippen molar-refractivity contribution in [3.05, 3.63) is 59.7 Å². The first-order chi connectivity index (χ1) is 16.8. The molecule has 0 radical (unpaired) electrons. The molecule has 1 heterocycles. The Kier molecular flexibility index (Phi) is 7.40. The van der Waals surface area contributed by atoms with Crippen LogP contribution in [-0.2, 0) is 14.3 Å². The number of nitrogens with zero attached hydrogens (tertiary/aromatic N) is 1. The van der Waals surface area contributed by atoms with Gasteiger partial charge in [0.25, 0.3) is 0 Å². The molecule has 2 amide bonds. The number of β-amino-alcohol motifs (C(OH)–C–C–N with tert-alkyl or cyclic N) is 1. The summed E-state index contributed by atoms with van der Waals surface area (Å²) in [5.41, 5.74) is 4.44. The third kappa shape index (κ3) is 5.17. The molecule has 3 N–H and O–H groups in total. The number of piperidine rings is 1. The summed E-state index contributed by atoms with van der Waals surface area (Å²) in [6, 6.07) is 15.2. The van der Waals surface area contributed by atoms with Crippen molar-refractivity contribution in [3.63, 3.8) is 0 Å². The number of aliphatic hydroxyl groups is 1.